The number of ether oxygens (including phenoxy) is 2. The van der Waals surface area contributed by atoms with Crippen molar-refractivity contribution in [3.63, 3.8) is 0 Å². The van der Waals surface area contributed by atoms with Crippen molar-refractivity contribution in [3.8, 4) is 5.75 Å². The van der Waals surface area contributed by atoms with Crippen LogP contribution >= 0.6 is 11.6 Å². The molecule has 0 unspecified atom stereocenters. The molecule has 1 aliphatic rings. The lowest BCUT2D eigenvalue weighted by Crippen LogP contribution is -2.57. The van der Waals surface area contributed by atoms with Crippen molar-refractivity contribution in [2.45, 2.75) is 51.3 Å². The molecule has 0 radical (unpaired) electrons. The van der Waals surface area contributed by atoms with E-state index < -0.39 is 41.5 Å². The number of aliphatic carboxylic acids is 1. The smallest absolute Gasteiger partial charge is 0.411 e. The summed E-state index contributed by atoms with van der Waals surface area (Å²) in [7, 11) is 0. The highest BCUT2D eigenvalue weighted by Crippen LogP contribution is 2.22. The summed E-state index contributed by atoms with van der Waals surface area (Å²) in [6, 6.07) is 2.33. The summed E-state index contributed by atoms with van der Waals surface area (Å²) < 4.78 is 23.9. The Balaban J connectivity index is 1.94. The fourth-order valence-electron chi connectivity index (χ4n) is 2.85. The molecule has 0 spiro atoms. The molecule has 1 aromatic rings. The minimum absolute atomic E-state index is 0.00675. The largest absolute Gasteiger partial charge is 0.484 e. The summed E-state index contributed by atoms with van der Waals surface area (Å²) >= 11 is 5.59. The number of halogens is 2. The first-order valence-corrected chi connectivity index (χ1v) is 9.43. The number of carboxylic acid groups (broad SMARTS) is 1. The third-order valence-corrected chi connectivity index (χ3v) is 4.43. The molecule has 160 valence electrons. The van der Waals surface area contributed by atoms with E-state index >= 15 is 0 Å². The summed E-state index contributed by atoms with van der Waals surface area (Å²) in [6.45, 7) is 4.67. The highest BCUT2D eigenvalue weighted by atomic mass is 35.5. The standard InChI is InChI=1S/C19H24ClFN2O6/c1-19(2,3)29-18(27)23-9-11(4-7-15(23)17(25)26)22-16(24)10-28-12-5-6-13(20)14(21)8-12/h5-6,8,11,15H,4,7,9-10H2,1-3H3,(H,22,24)(H,25,26)/t11-,15+/m1/s1. The molecule has 2 atom stereocenters. The number of rotatable bonds is 5. The zero-order valence-electron chi connectivity index (χ0n) is 16.4. The molecule has 2 rings (SSSR count). The third-order valence-electron chi connectivity index (χ3n) is 4.12. The molecule has 0 aromatic heterocycles. The third kappa shape index (κ3) is 6.77. The van der Waals surface area contributed by atoms with Gasteiger partial charge in [0.25, 0.3) is 5.91 Å². The van der Waals surface area contributed by atoms with E-state index in [0.717, 1.165) is 11.0 Å². The molecule has 29 heavy (non-hydrogen) atoms. The van der Waals surface area contributed by atoms with Crippen LogP contribution in [0.4, 0.5) is 9.18 Å². The molecule has 1 saturated heterocycles. The molecule has 1 fully saturated rings. The summed E-state index contributed by atoms with van der Waals surface area (Å²) in [4.78, 5) is 37.1. The highest BCUT2D eigenvalue weighted by Gasteiger charge is 2.38. The van der Waals surface area contributed by atoms with Gasteiger partial charge in [0.2, 0.25) is 0 Å². The Hall–Kier alpha value is -2.55. The Morgan fingerprint density at radius 3 is 2.59 bits per heavy atom. The molecule has 1 heterocycles. The normalized spacial score (nSPS) is 19.4. The number of likely N-dealkylation sites (tertiary alicyclic amines) is 1. The number of nitrogens with zero attached hydrogens (tertiary/aromatic N) is 1. The zero-order valence-corrected chi connectivity index (χ0v) is 17.2. The van der Waals surface area contributed by atoms with Crippen LogP contribution in [0.2, 0.25) is 5.02 Å². The minimum atomic E-state index is -1.13. The van der Waals surface area contributed by atoms with Gasteiger partial charge in [-0.3, -0.25) is 9.69 Å². The van der Waals surface area contributed by atoms with Crippen LogP contribution in [0.25, 0.3) is 0 Å². The molecule has 1 aliphatic heterocycles. The van der Waals surface area contributed by atoms with Crippen LogP contribution < -0.4 is 10.1 Å². The van der Waals surface area contributed by atoms with Gasteiger partial charge in [0.1, 0.15) is 23.2 Å². The summed E-state index contributed by atoms with van der Waals surface area (Å²) in [5.41, 5.74) is -0.780. The second-order valence-electron chi connectivity index (χ2n) is 7.69. The van der Waals surface area contributed by atoms with Crippen molar-refractivity contribution in [2.24, 2.45) is 0 Å². The second kappa shape index (κ2) is 9.30. The van der Waals surface area contributed by atoms with E-state index in [2.05, 4.69) is 5.32 Å². The predicted octanol–water partition coefficient (Wildman–Crippen LogP) is 2.83. The first-order valence-electron chi connectivity index (χ1n) is 9.06. The highest BCUT2D eigenvalue weighted by molar-refractivity contribution is 6.30. The maximum absolute atomic E-state index is 13.4. The van der Waals surface area contributed by atoms with Crippen molar-refractivity contribution in [2.75, 3.05) is 13.2 Å². The number of amides is 2. The van der Waals surface area contributed by atoms with E-state index in [-0.39, 0.29) is 30.3 Å². The lowest BCUT2D eigenvalue weighted by molar-refractivity contribution is -0.144. The number of nitrogens with one attached hydrogen (secondary N) is 1. The van der Waals surface area contributed by atoms with Crippen LogP contribution in [0, 0.1) is 5.82 Å². The Morgan fingerprint density at radius 1 is 1.31 bits per heavy atom. The second-order valence-corrected chi connectivity index (χ2v) is 8.10. The Bertz CT molecular complexity index is 782. The van der Waals surface area contributed by atoms with Gasteiger partial charge in [0.15, 0.2) is 6.61 Å². The van der Waals surface area contributed by atoms with Gasteiger partial charge < -0.3 is 19.9 Å². The number of benzene rings is 1. The Morgan fingerprint density at radius 2 is 2.00 bits per heavy atom. The molecular formula is C19H24ClFN2O6. The van der Waals surface area contributed by atoms with Crippen molar-refractivity contribution in [1.29, 1.82) is 0 Å². The molecule has 1 aromatic carbocycles. The van der Waals surface area contributed by atoms with E-state index in [0.29, 0.717) is 6.42 Å². The first-order chi connectivity index (χ1) is 13.5. The quantitative estimate of drug-likeness (QED) is 0.744. The number of carbonyl (C=O) groups is 3. The monoisotopic (exact) mass is 430 g/mol. The topological polar surface area (TPSA) is 105 Å². The molecule has 8 nitrogen and oxygen atoms in total. The van der Waals surface area contributed by atoms with Crippen molar-refractivity contribution < 1.29 is 33.4 Å². The lowest BCUT2D eigenvalue weighted by Gasteiger charge is -2.38. The van der Waals surface area contributed by atoms with Gasteiger partial charge >= 0.3 is 12.1 Å². The van der Waals surface area contributed by atoms with Gasteiger partial charge in [-0.25, -0.2) is 14.0 Å². The number of hydrogen-bond donors (Lipinski definition) is 2. The van der Waals surface area contributed by atoms with Crippen LogP contribution in [0.5, 0.6) is 5.75 Å². The van der Waals surface area contributed by atoms with E-state index in [4.69, 9.17) is 21.1 Å². The number of carboxylic acids is 1. The van der Waals surface area contributed by atoms with Crippen LogP contribution in [0.3, 0.4) is 0 Å². The molecule has 0 bridgehead atoms. The van der Waals surface area contributed by atoms with Crippen LogP contribution in [0.15, 0.2) is 18.2 Å². The van der Waals surface area contributed by atoms with Crippen molar-refractivity contribution >= 4 is 29.6 Å². The SMILES string of the molecule is CC(C)(C)OC(=O)N1C[C@H](NC(=O)COc2ccc(Cl)c(F)c2)CC[C@H]1C(=O)O. The van der Waals surface area contributed by atoms with E-state index in [1.54, 1.807) is 20.8 Å². The van der Waals surface area contributed by atoms with Crippen LogP contribution in [-0.2, 0) is 14.3 Å². The number of carbonyl (C=O) groups excluding carboxylic acids is 2. The molecular weight excluding hydrogens is 407 g/mol. The summed E-state index contributed by atoms with van der Waals surface area (Å²) in [6.07, 6.45) is -0.211. The van der Waals surface area contributed by atoms with Gasteiger partial charge in [0.05, 0.1) is 5.02 Å². The van der Waals surface area contributed by atoms with E-state index in [1.807, 2.05) is 0 Å². The molecule has 2 amide bonds. The van der Waals surface area contributed by atoms with Crippen LogP contribution in [-0.4, -0.2) is 58.8 Å². The lowest BCUT2D eigenvalue weighted by atomic mass is 9.98. The van der Waals surface area contributed by atoms with E-state index in [1.165, 1.54) is 12.1 Å². The summed E-state index contributed by atoms with van der Waals surface area (Å²) in [5.74, 6) is -2.13. The van der Waals surface area contributed by atoms with Gasteiger partial charge in [-0.2, -0.15) is 0 Å². The van der Waals surface area contributed by atoms with Crippen molar-refractivity contribution in [1.82, 2.24) is 10.2 Å². The van der Waals surface area contributed by atoms with Gasteiger partial charge in [0, 0.05) is 18.7 Å². The zero-order chi connectivity index (χ0) is 21.8. The first kappa shape index (κ1) is 22.7. The van der Waals surface area contributed by atoms with Gasteiger partial charge in [-0.05, 0) is 45.7 Å². The average molecular weight is 431 g/mol. The average Bonchev–Trinajstić information content (AvgIpc) is 2.61. The predicted molar refractivity (Wildman–Crippen MR) is 102 cm³/mol. The number of piperidine rings is 1. The van der Waals surface area contributed by atoms with Crippen LogP contribution in [0.1, 0.15) is 33.6 Å². The van der Waals surface area contributed by atoms with Gasteiger partial charge in [-0.1, -0.05) is 11.6 Å². The van der Waals surface area contributed by atoms with E-state index in [9.17, 15) is 23.9 Å². The molecule has 0 aliphatic carbocycles. The maximum atomic E-state index is 13.4. The van der Waals surface area contributed by atoms with Crippen molar-refractivity contribution in [3.05, 3.63) is 29.0 Å². The minimum Gasteiger partial charge on any atom is -0.484 e. The molecule has 2 N–H and O–H groups in total. The molecule has 0 saturated carbocycles. The Kier molecular flexibility index (Phi) is 7.29. The van der Waals surface area contributed by atoms with Gasteiger partial charge in [-0.15, -0.1) is 0 Å². The molecule has 10 heteroatoms. The Labute approximate surface area is 172 Å². The maximum Gasteiger partial charge on any atom is 0.411 e. The fourth-order valence-corrected chi connectivity index (χ4v) is 2.97. The number of hydrogen-bond acceptors (Lipinski definition) is 5. The fraction of sp³-hybridized carbons (Fsp3) is 0.526. The summed E-state index contributed by atoms with van der Waals surface area (Å²) in [5, 5.41) is 12.0.